The maximum Gasteiger partial charge on any atom is 0.335 e. The number of benzene rings is 3. The molecule has 1 heterocycles. The molecule has 0 bridgehead atoms. The van der Waals surface area contributed by atoms with E-state index in [1.807, 2.05) is 32.9 Å². The van der Waals surface area contributed by atoms with Gasteiger partial charge in [-0.2, -0.15) is 9.78 Å². The van der Waals surface area contributed by atoms with Crippen molar-refractivity contribution in [2.75, 3.05) is 7.11 Å². The van der Waals surface area contributed by atoms with Gasteiger partial charge in [-0.05, 0) is 64.0 Å². The summed E-state index contributed by atoms with van der Waals surface area (Å²) in [5, 5.41) is 14.1. The van der Waals surface area contributed by atoms with Crippen LogP contribution in [0.5, 0.6) is 11.5 Å². The lowest BCUT2D eigenvalue weighted by molar-refractivity contribution is 0.0697. The lowest BCUT2D eigenvalue weighted by Gasteiger charge is -2.21. The molecule has 0 atom stereocenters. The number of halogens is 2. The first-order chi connectivity index (χ1) is 18.0. The Morgan fingerprint density at radius 3 is 2.42 bits per heavy atom. The van der Waals surface area contributed by atoms with Gasteiger partial charge in [0, 0.05) is 19.9 Å². The molecule has 196 valence electrons. The van der Waals surface area contributed by atoms with Gasteiger partial charge in [-0.3, -0.25) is 4.79 Å². The summed E-state index contributed by atoms with van der Waals surface area (Å²) < 4.78 is 14.3. The molecule has 10 heteroatoms. The normalized spacial score (nSPS) is 11.7. The van der Waals surface area contributed by atoms with Crippen LogP contribution < -0.4 is 15.0 Å². The van der Waals surface area contributed by atoms with E-state index < -0.39 is 11.4 Å². The molecule has 1 aromatic heterocycles. The molecule has 3 aromatic carbocycles. The highest BCUT2D eigenvalue weighted by Crippen LogP contribution is 2.33. The zero-order valence-electron chi connectivity index (χ0n) is 21.2. The van der Waals surface area contributed by atoms with E-state index >= 15 is 0 Å². The van der Waals surface area contributed by atoms with Gasteiger partial charge in [0.15, 0.2) is 11.5 Å². The quantitative estimate of drug-likeness (QED) is 0.235. The number of nitrogens with zero attached hydrogens (tertiary/aromatic N) is 3. The van der Waals surface area contributed by atoms with E-state index in [9.17, 15) is 9.59 Å². The van der Waals surface area contributed by atoms with Crippen molar-refractivity contribution in [3.63, 3.8) is 0 Å². The third-order valence-corrected chi connectivity index (χ3v) is 6.85. The molecule has 0 fully saturated rings. The van der Waals surface area contributed by atoms with Crippen LogP contribution in [0.1, 0.15) is 48.1 Å². The second kappa shape index (κ2) is 11.1. The number of hydrogen-bond donors (Lipinski definition) is 1. The summed E-state index contributed by atoms with van der Waals surface area (Å²) in [5.74, 6) is 0.513. The molecule has 38 heavy (non-hydrogen) atoms. The molecule has 0 spiro atoms. The number of methoxy groups -OCH3 is 1. The van der Waals surface area contributed by atoms with Crippen molar-refractivity contribution in [1.29, 1.82) is 0 Å². The van der Waals surface area contributed by atoms with Crippen molar-refractivity contribution < 1.29 is 19.4 Å². The summed E-state index contributed by atoms with van der Waals surface area (Å²) >= 11 is 6.98. The van der Waals surface area contributed by atoms with E-state index in [0.29, 0.717) is 38.3 Å². The largest absolute Gasteiger partial charge is 0.493 e. The Morgan fingerprint density at radius 1 is 1.08 bits per heavy atom. The predicted molar refractivity (Wildman–Crippen MR) is 154 cm³/mol. The van der Waals surface area contributed by atoms with Crippen LogP contribution in [0.2, 0.25) is 0 Å². The van der Waals surface area contributed by atoms with E-state index in [1.54, 1.807) is 36.5 Å². The molecule has 0 aliphatic carbocycles. The minimum Gasteiger partial charge on any atom is -0.493 e. The maximum absolute atomic E-state index is 13.4. The van der Waals surface area contributed by atoms with Crippen molar-refractivity contribution in [3.8, 4) is 11.5 Å². The number of fused-ring (bicyclic) bond motifs is 1. The van der Waals surface area contributed by atoms with Gasteiger partial charge < -0.3 is 14.6 Å². The fraction of sp³-hybridized carbons (Fsp3) is 0.214. The highest BCUT2D eigenvalue weighted by molar-refractivity contribution is 9.10. The van der Waals surface area contributed by atoms with Crippen LogP contribution in [0.4, 0.5) is 0 Å². The Bertz CT molecular complexity index is 1610. The molecule has 0 radical (unpaired) electrons. The fourth-order valence-electron chi connectivity index (χ4n) is 3.69. The van der Waals surface area contributed by atoms with Gasteiger partial charge in [-0.1, -0.05) is 48.8 Å². The van der Waals surface area contributed by atoms with Crippen LogP contribution in [-0.2, 0) is 12.0 Å². The molecule has 0 saturated heterocycles. The third-order valence-electron chi connectivity index (χ3n) is 5.67. The molecular weight excluding hydrogens is 618 g/mol. The zero-order chi connectivity index (χ0) is 27.6. The van der Waals surface area contributed by atoms with E-state index in [-0.39, 0.29) is 17.7 Å². The monoisotopic (exact) mass is 641 g/mol. The van der Waals surface area contributed by atoms with Gasteiger partial charge in [0.05, 0.1) is 29.8 Å². The molecule has 0 saturated carbocycles. The van der Waals surface area contributed by atoms with Gasteiger partial charge in [0.1, 0.15) is 12.4 Å². The Morgan fingerprint density at radius 2 is 1.79 bits per heavy atom. The van der Waals surface area contributed by atoms with E-state index in [2.05, 4.69) is 37.0 Å². The first kappa shape index (κ1) is 27.5. The smallest absolute Gasteiger partial charge is 0.335 e. The zero-order valence-corrected chi connectivity index (χ0v) is 24.3. The first-order valence-electron chi connectivity index (χ1n) is 11.6. The van der Waals surface area contributed by atoms with Crippen molar-refractivity contribution in [3.05, 3.63) is 96.4 Å². The standard InChI is InChI=1S/C28H25Br2N3O5/c1-28(2,3)27-32-22-10-9-19(29)12-20(22)25(34)33(27)31-14-18-11-23(37-4)24(13-21(18)30)38-15-16-5-7-17(8-6-16)26(35)36/h5-14H,15H2,1-4H3,(H,35,36). The van der Waals surface area contributed by atoms with E-state index in [0.717, 1.165) is 10.0 Å². The Balaban J connectivity index is 1.67. The molecule has 0 aliphatic heterocycles. The summed E-state index contributed by atoms with van der Waals surface area (Å²) in [4.78, 5) is 29.2. The lowest BCUT2D eigenvalue weighted by atomic mass is 9.95. The minimum absolute atomic E-state index is 0.209. The van der Waals surface area contributed by atoms with Gasteiger partial charge in [-0.25, -0.2) is 9.78 Å². The first-order valence-corrected chi connectivity index (χ1v) is 13.2. The van der Waals surface area contributed by atoms with Gasteiger partial charge in [0.25, 0.3) is 5.56 Å². The van der Waals surface area contributed by atoms with E-state index in [1.165, 1.54) is 23.9 Å². The number of aromatic nitrogens is 2. The van der Waals surface area contributed by atoms with Crippen LogP contribution in [0.25, 0.3) is 10.9 Å². The topological polar surface area (TPSA) is 103 Å². The van der Waals surface area contributed by atoms with Crippen LogP contribution in [0.15, 0.2) is 73.4 Å². The minimum atomic E-state index is -0.982. The molecule has 8 nitrogen and oxygen atoms in total. The number of carbonyl (C=O) groups is 1. The summed E-state index contributed by atoms with van der Waals surface area (Å²) in [7, 11) is 1.53. The molecule has 1 N–H and O–H groups in total. The van der Waals surface area contributed by atoms with Crippen molar-refractivity contribution in [2.24, 2.45) is 5.10 Å². The second-order valence-corrected chi connectivity index (χ2v) is 11.3. The summed E-state index contributed by atoms with van der Waals surface area (Å²) in [5.41, 5.74) is 1.59. The predicted octanol–water partition coefficient (Wildman–Crippen LogP) is 6.39. The number of hydrogen-bond acceptors (Lipinski definition) is 6. The van der Waals surface area contributed by atoms with Gasteiger partial charge in [-0.15, -0.1) is 0 Å². The Labute approximate surface area is 236 Å². The Kier molecular flexibility index (Phi) is 8.03. The SMILES string of the molecule is COc1cc(C=Nn2c(C(C)(C)C)nc3ccc(Br)cc3c2=O)c(Br)cc1OCc1ccc(C(=O)O)cc1. The maximum atomic E-state index is 13.4. The number of aromatic carboxylic acids is 1. The highest BCUT2D eigenvalue weighted by Gasteiger charge is 2.23. The highest BCUT2D eigenvalue weighted by atomic mass is 79.9. The van der Waals surface area contributed by atoms with E-state index in [4.69, 9.17) is 19.6 Å². The summed E-state index contributed by atoms with van der Waals surface area (Å²) in [6.45, 7) is 6.15. The van der Waals surface area contributed by atoms with Crippen LogP contribution in [-0.4, -0.2) is 34.1 Å². The average molecular weight is 643 g/mol. The fourth-order valence-corrected chi connectivity index (χ4v) is 4.47. The second-order valence-electron chi connectivity index (χ2n) is 9.52. The number of ether oxygens (including phenoxy) is 2. The van der Waals surface area contributed by atoms with Gasteiger partial charge in [0.2, 0.25) is 0 Å². The van der Waals surface area contributed by atoms with Crippen molar-refractivity contribution >= 4 is 54.9 Å². The van der Waals surface area contributed by atoms with Crippen molar-refractivity contribution in [2.45, 2.75) is 32.8 Å². The molecule has 4 rings (SSSR count). The Hall–Kier alpha value is -3.50. The molecule has 0 amide bonds. The third kappa shape index (κ3) is 5.97. The molecular formula is C28H25Br2N3O5. The van der Waals surface area contributed by atoms with Crippen molar-refractivity contribution in [1.82, 2.24) is 9.66 Å². The lowest BCUT2D eigenvalue weighted by Crippen LogP contribution is -2.29. The van der Waals surface area contributed by atoms with Crippen LogP contribution in [0.3, 0.4) is 0 Å². The number of carboxylic acids is 1. The molecule has 0 aliphatic rings. The number of carboxylic acid groups (broad SMARTS) is 1. The van der Waals surface area contributed by atoms with Gasteiger partial charge >= 0.3 is 5.97 Å². The molecule has 0 unspecified atom stereocenters. The summed E-state index contributed by atoms with van der Waals surface area (Å²) in [6, 6.07) is 15.4. The average Bonchev–Trinajstić information content (AvgIpc) is 2.87. The van der Waals surface area contributed by atoms with Crippen LogP contribution in [0, 0.1) is 0 Å². The summed E-state index contributed by atoms with van der Waals surface area (Å²) in [6.07, 6.45) is 1.57. The van der Waals surface area contributed by atoms with Crippen LogP contribution >= 0.6 is 31.9 Å². The molecule has 4 aromatic rings. The number of rotatable bonds is 7.